The van der Waals surface area contributed by atoms with E-state index < -0.39 is 0 Å². The molecule has 1 aromatic carbocycles. The molecule has 2 rings (SSSR count). The van der Waals surface area contributed by atoms with Gasteiger partial charge in [0, 0.05) is 5.41 Å². The molecule has 0 radical (unpaired) electrons. The van der Waals surface area contributed by atoms with Crippen LogP contribution in [0.4, 0.5) is 0 Å². The lowest BCUT2D eigenvalue weighted by molar-refractivity contribution is 0.273. The van der Waals surface area contributed by atoms with Crippen LogP contribution in [0.15, 0.2) is 24.3 Å². The van der Waals surface area contributed by atoms with E-state index >= 15 is 0 Å². The third-order valence-electron chi connectivity index (χ3n) is 3.16. The van der Waals surface area contributed by atoms with E-state index in [0.717, 1.165) is 23.6 Å². The van der Waals surface area contributed by atoms with Crippen LogP contribution in [0.5, 0.6) is 5.75 Å². The van der Waals surface area contributed by atoms with E-state index in [1.807, 2.05) is 24.3 Å². The first-order chi connectivity index (χ1) is 9.99. The zero-order valence-corrected chi connectivity index (χ0v) is 13.1. The first-order valence-corrected chi connectivity index (χ1v) is 7.27. The third-order valence-corrected chi connectivity index (χ3v) is 3.16. The van der Waals surface area contributed by atoms with Gasteiger partial charge in [0.25, 0.3) is 0 Å². The number of nitrogens with zero attached hydrogens (tertiary/aromatic N) is 3. The van der Waals surface area contributed by atoms with E-state index in [0.29, 0.717) is 12.3 Å². The van der Waals surface area contributed by atoms with Crippen LogP contribution in [0.3, 0.4) is 0 Å². The molecule has 0 spiro atoms. The summed E-state index contributed by atoms with van der Waals surface area (Å²) < 4.78 is 7.57. The summed E-state index contributed by atoms with van der Waals surface area (Å²) >= 11 is 0. The van der Waals surface area contributed by atoms with Gasteiger partial charge in [-0.3, -0.25) is 0 Å². The van der Waals surface area contributed by atoms with Crippen LogP contribution in [0.25, 0.3) is 5.69 Å². The molecule has 2 aromatic rings. The van der Waals surface area contributed by atoms with Gasteiger partial charge in [-0.15, -0.1) is 5.10 Å². The van der Waals surface area contributed by atoms with Crippen LogP contribution in [-0.2, 0) is 12.0 Å². The van der Waals surface area contributed by atoms with Crippen LogP contribution >= 0.6 is 0 Å². The number of rotatable bonds is 5. The van der Waals surface area contributed by atoms with E-state index in [4.69, 9.17) is 4.74 Å². The van der Waals surface area contributed by atoms with Crippen LogP contribution in [0.2, 0.25) is 0 Å². The lowest BCUT2D eigenvalue weighted by atomic mass is 9.90. The van der Waals surface area contributed by atoms with Crippen molar-refractivity contribution in [3.63, 3.8) is 0 Å². The predicted octanol–water partition coefficient (Wildman–Crippen LogP) is 2.85. The van der Waals surface area contributed by atoms with Crippen molar-refractivity contribution in [2.45, 2.75) is 46.1 Å². The molecule has 5 nitrogen and oxygen atoms in total. The minimum absolute atomic E-state index is 0.120. The minimum Gasteiger partial charge on any atom is -0.491 e. The molecule has 0 aliphatic rings. The van der Waals surface area contributed by atoms with Gasteiger partial charge in [0.1, 0.15) is 17.1 Å². The van der Waals surface area contributed by atoms with Gasteiger partial charge >= 0.3 is 0 Å². The molecule has 0 aliphatic heterocycles. The average molecular weight is 289 g/mol. The van der Waals surface area contributed by atoms with Gasteiger partial charge in [0.2, 0.25) is 0 Å². The second kappa shape index (κ2) is 6.26. The number of hydrogen-bond acceptors (Lipinski definition) is 4. The molecular formula is C16H23N3O2. The van der Waals surface area contributed by atoms with Gasteiger partial charge in [-0.1, -0.05) is 45.0 Å². The smallest absolute Gasteiger partial charge is 0.145 e. The highest BCUT2D eigenvalue weighted by Gasteiger charge is 2.26. The quantitative estimate of drug-likeness (QED) is 0.919. The van der Waals surface area contributed by atoms with Crippen molar-refractivity contribution in [3.8, 4) is 11.4 Å². The standard InChI is InChI=1S/C16H23N3O2/c1-5-10-21-14-9-7-6-8-13(14)19-15(16(2,3)4)12(11-20)17-18-19/h6-9,20H,5,10-11H2,1-4H3. The lowest BCUT2D eigenvalue weighted by Crippen LogP contribution is -2.20. The Morgan fingerprint density at radius 3 is 2.57 bits per heavy atom. The van der Waals surface area contributed by atoms with Crippen molar-refractivity contribution in [2.75, 3.05) is 6.61 Å². The molecule has 5 heteroatoms. The molecule has 1 heterocycles. The van der Waals surface area contributed by atoms with Crippen molar-refractivity contribution in [1.82, 2.24) is 15.0 Å². The molecule has 0 bridgehead atoms. The molecule has 0 atom stereocenters. The second-order valence-corrected chi connectivity index (χ2v) is 6.02. The molecule has 1 aromatic heterocycles. The van der Waals surface area contributed by atoms with Gasteiger partial charge in [0.15, 0.2) is 0 Å². The molecule has 0 amide bonds. The fourth-order valence-corrected chi connectivity index (χ4v) is 2.30. The number of hydrogen-bond donors (Lipinski definition) is 1. The van der Waals surface area contributed by atoms with Crippen LogP contribution in [0.1, 0.15) is 45.5 Å². The summed E-state index contributed by atoms with van der Waals surface area (Å²) in [6.07, 6.45) is 0.944. The minimum atomic E-state index is -0.181. The molecule has 21 heavy (non-hydrogen) atoms. The van der Waals surface area contributed by atoms with Crippen molar-refractivity contribution in [3.05, 3.63) is 35.7 Å². The number of aliphatic hydroxyl groups is 1. The number of benzene rings is 1. The SMILES string of the molecule is CCCOc1ccccc1-n1nnc(CO)c1C(C)(C)C. The maximum absolute atomic E-state index is 9.51. The Morgan fingerprint density at radius 2 is 1.95 bits per heavy atom. The summed E-state index contributed by atoms with van der Waals surface area (Å²) in [6.45, 7) is 8.85. The molecule has 114 valence electrons. The zero-order chi connectivity index (χ0) is 15.5. The van der Waals surface area contributed by atoms with Gasteiger partial charge in [-0.25, -0.2) is 4.68 Å². The summed E-state index contributed by atoms with van der Waals surface area (Å²) in [7, 11) is 0. The lowest BCUT2D eigenvalue weighted by Gasteiger charge is -2.22. The van der Waals surface area contributed by atoms with Gasteiger partial charge in [0.05, 0.1) is 18.9 Å². The summed E-state index contributed by atoms with van der Waals surface area (Å²) in [5.41, 5.74) is 2.17. The van der Waals surface area contributed by atoms with E-state index in [1.54, 1.807) is 4.68 Å². The highest BCUT2D eigenvalue weighted by atomic mass is 16.5. The predicted molar refractivity (Wildman–Crippen MR) is 81.8 cm³/mol. The number of ether oxygens (including phenoxy) is 1. The topological polar surface area (TPSA) is 60.2 Å². The number of para-hydroxylation sites is 2. The maximum Gasteiger partial charge on any atom is 0.145 e. The van der Waals surface area contributed by atoms with E-state index in [9.17, 15) is 5.11 Å². The third kappa shape index (κ3) is 3.24. The van der Waals surface area contributed by atoms with Gasteiger partial charge in [-0.05, 0) is 18.6 Å². The molecular weight excluding hydrogens is 266 g/mol. The van der Waals surface area contributed by atoms with Crippen molar-refractivity contribution in [1.29, 1.82) is 0 Å². The fraction of sp³-hybridized carbons (Fsp3) is 0.500. The Hall–Kier alpha value is -1.88. The molecule has 0 unspecified atom stereocenters. The van der Waals surface area contributed by atoms with Crippen molar-refractivity contribution >= 4 is 0 Å². The Kier molecular flexibility index (Phi) is 4.63. The van der Waals surface area contributed by atoms with E-state index in [1.165, 1.54) is 0 Å². The summed E-state index contributed by atoms with van der Waals surface area (Å²) in [4.78, 5) is 0. The average Bonchev–Trinajstić information content (AvgIpc) is 2.89. The first-order valence-electron chi connectivity index (χ1n) is 7.27. The van der Waals surface area contributed by atoms with Crippen LogP contribution < -0.4 is 4.74 Å². The molecule has 0 aliphatic carbocycles. The highest BCUT2D eigenvalue weighted by molar-refractivity contribution is 5.47. The van der Waals surface area contributed by atoms with Crippen LogP contribution in [-0.4, -0.2) is 26.7 Å². The van der Waals surface area contributed by atoms with E-state index in [2.05, 4.69) is 38.0 Å². The summed E-state index contributed by atoms with van der Waals surface area (Å²) in [5, 5.41) is 17.8. The fourth-order valence-electron chi connectivity index (χ4n) is 2.30. The van der Waals surface area contributed by atoms with Crippen molar-refractivity contribution in [2.24, 2.45) is 0 Å². The van der Waals surface area contributed by atoms with Gasteiger partial charge < -0.3 is 9.84 Å². The Morgan fingerprint density at radius 1 is 1.24 bits per heavy atom. The Balaban J connectivity index is 2.55. The molecule has 1 N–H and O–H groups in total. The number of aromatic nitrogens is 3. The van der Waals surface area contributed by atoms with Gasteiger partial charge in [-0.2, -0.15) is 0 Å². The monoisotopic (exact) mass is 289 g/mol. The summed E-state index contributed by atoms with van der Waals surface area (Å²) in [5.74, 6) is 0.777. The Bertz CT molecular complexity index is 600. The second-order valence-electron chi connectivity index (χ2n) is 6.02. The molecule has 0 saturated heterocycles. The number of aliphatic hydroxyl groups excluding tert-OH is 1. The summed E-state index contributed by atoms with van der Waals surface area (Å²) in [6, 6.07) is 7.77. The van der Waals surface area contributed by atoms with Crippen LogP contribution in [0, 0.1) is 0 Å². The highest BCUT2D eigenvalue weighted by Crippen LogP contribution is 2.30. The molecule has 0 saturated carbocycles. The zero-order valence-electron chi connectivity index (χ0n) is 13.1. The largest absolute Gasteiger partial charge is 0.491 e. The first kappa shape index (κ1) is 15.5. The normalized spacial score (nSPS) is 11.7. The maximum atomic E-state index is 9.51. The van der Waals surface area contributed by atoms with E-state index in [-0.39, 0.29) is 12.0 Å². The molecule has 0 fully saturated rings. The Labute approximate surface area is 125 Å². The van der Waals surface area contributed by atoms with Crippen molar-refractivity contribution < 1.29 is 9.84 Å².